The fourth-order valence-corrected chi connectivity index (χ4v) is 2.83. The van der Waals surface area contributed by atoms with Crippen LogP contribution in [0.3, 0.4) is 0 Å². The molecule has 0 aliphatic carbocycles. The van der Waals surface area contributed by atoms with Gasteiger partial charge in [0.1, 0.15) is 11.2 Å². The summed E-state index contributed by atoms with van der Waals surface area (Å²) in [7, 11) is 0. The molecule has 10 heteroatoms. The molecule has 1 N–H and O–H groups in total. The van der Waals surface area contributed by atoms with Crippen molar-refractivity contribution in [1.29, 1.82) is 0 Å². The highest BCUT2D eigenvalue weighted by Crippen LogP contribution is 2.30. The first-order valence-corrected chi connectivity index (χ1v) is 8.86. The summed E-state index contributed by atoms with van der Waals surface area (Å²) in [5.74, 6) is -1.38. The third-order valence-corrected chi connectivity index (χ3v) is 4.56. The molecule has 0 aliphatic rings. The van der Waals surface area contributed by atoms with E-state index >= 15 is 0 Å². The van der Waals surface area contributed by atoms with Crippen LogP contribution in [0.25, 0.3) is 11.0 Å². The Bertz CT molecular complexity index is 1120. The van der Waals surface area contributed by atoms with Crippen LogP contribution in [0.1, 0.15) is 28.4 Å². The van der Waals surface area contributed by atoms with Crippen molar-refractivity contribution < 1.29 is 19.2 Å². The number of anilines is 1. The quantitative estimate of drug-likeness (QED) is 0.384. The summed E-state index contributed by atoms with van der Waals surface area (Å²) in [6.07, 6.45) is 0. The Balaban J connectivity index is 1.69. The van der Waals surface area contributed by atoms with E-state index < -0.39 is 23.4 Å². The van der Waals surface area contributed by atoms with Gasteiger partial charge in [-0.05, 0) is 50.1 Å². The number of ether oxygens (including phenoxy) is 1. The van der Waals surface area contributed by atoms with Crippen LogP contribution < -0.4 is 5.32 Å². The van der Waals surface area contributed by atoms with E-state index in [0.29, 0.717) is 17.6 Å². The molecule has 10 nitrogen and oxygen atoms in total. The Labute approximate surface area is 165 Å². The van der Waals surface area contributed by atoms with Crippen LogP contribution in [0.4, 0.5) is 11.4 Å². The molecule has 0 fully saturated rings. The highest BCUT2D eigenvalue weighted by atomic mass is 16.6. The highest BCUT2D eigenvalue weighted by molar-refractivity contribution is 5.98. The van der Waals surface area contributed by atoms with E-state index in [-0.39, 0.29) is 16.9 Å². The van der Waals surface area contributed by atoms with E-state index in [9.17, 15) is 19.7 Å². The molecule has 0 bridgehead atoms. The Morgan fingerprint density at radius 1 is 1.24 bits per heavy atom. The van der Waals surface area contributed by atoms with Crippen LogP contribution in [0.5, 0.6) is 0 Å². The van der Waals surface area contributed by atoms with Gasteiger partial charge in [-0.2, -0.15) is 0 Å². The standard InChI is InChI=1S/C19H19N5O5/c1-4-23-15-8-6-13(9-14(15)21-22-23)19(26)29-10-17(25)20-18-12(3)11(2)5-7-16(18)24(27)28/h5-9H,4,10H2,1-3H3,(H,20,25). The molecule has 0 aliphatic heterocycles. The van der Waals surface area contributed by atoms with Gasteiger partial charge in [-0.15, -0.1) is 5.10 Å². The second-order valence-electron chi connectivity index (χ2n) is 6.39. The maximum absolute atomic E-state index is 12.3. The number of fused-ring (bicyclic) bond motifs is 1. The summed E-state index contributed by atoms with van der Waals surface area (Å²) in [4.78, 5) is 35.1. The van der Waals surface area contributed by atoms with Crippen molar-refractivity contribution in [2.75, 3.05) is 11.9 Å². The van der Waals surface area contributed by atoms with E-state index in [4.69, 9.17) is 4.74 Å². The van der Waals surface area contributed by atoms with Gasteiger partial charge in [0.15, 0.2) is 6.61 Å². The molecule has 0 spiro atoms. The molecule has 0 atom stereocenters. The molecule has 3 rings (SSSR count). The van der Waals surface area contributed by atoms with Crippen LogP contribution >= 0.6 is 0 Å². The Morgan fingerprint density at radius 2 is 2.00 bits per heavy atom. The molecule has 0 saturated carbocycles. The fraction of sp³-hybridized carbons (Fsp3) is 0.263. The van der Waals surface area contributed by atoms with Gasteiger partial charge in [0, 0.05) is 12.6 Å². The van der Waals surface area contributed by atoms with Crippen molar-refractivity contribution in [1.82, 2.24) is 15.0 Å². The average Bonchev–Trinajstić information content (AvgIpc) is 3.11. The lowest BCUT2D eigenvalue weighted by Crippen LogP contribution is -2.22. The average molecular weight is 397 g/mol. The van der Waals surface area contributed by atoms with Crippen LogP contribution in [0, 0.1) is 24.0 Å². The topological polar surface area (TPSA) is 129 Å². The maximum atomic E-state index is 12.3. The lowest BCUT2D eigenvalue weighted by molar-refractivity contribution is -0.384. The molecule has 2 aromatic carbocycles. The SMILES string of the molecule is CCn1nnc2cc(C(=O)OCC(=O)Nc3c([N+](=O)[O-])ccc(C)c3C)ccc21. The third kappa shape index (κ3) is 4.05. The first kappa shape index (κ1) is 19.9. The van der Waals surface area contributed by atoms with E-state index in [1.54, 1.807) is 36.7 Å². The zero-order chi connectivity index (χ0) is 21.1. The lowest BCUT2D eigenvalue weighted by atomic mass is 10.1. The van der Waals surface area contributed by atoms with Crippen LogP contribution in [-0.4, -0.2) is 38.4 Å². The second-order valence-corrected chi connectivity index (χ2v) is 6.39. The molecule has 0 unspecified atom stereocenters. The number of nitrogens with one attached hydrogen (secondary N) is 1. The van der Waals surface area contributed by atoms with E-state index in [2.05, 4.69) is 15.6 Å². The number of carbonyl (C=O) groups excluding carboxylic acids is 2. The summed E-state index contributed by atoms with van der Waals surface area (Å²) in [5.41, 5.74) is 2.78. The number of amides is 1. The number of esters is 1. The highest BCUT2D eigenvalue weighted by Gasteiger charge is 2.20. The van der Waals surface area contributed by atoms with Crippen LogP contribution in [0.15, 0.2) is 30.3 Å². The summed E-state index contributed by atoms with van der Waals surface area (Å²) in [5, 5.41) is 21.6. The Hall–Kier alpha value is -3.82. The summed E-state index contributed by atoms with van der Waals surface area (Å²) < 4.78 is 6.73. The number of nitro groups is 1. The molecule has 150 valence electrons. The van der Waals surface area contributed by atoms with Crippen molar-refractivity contribution in [2.24, 2.45) is 0 Å². The minimum atomic E-state index is -0.705. The smallest absolute Gasteiger partial charge is 0.338 e. The van der Waals surface area contributed by atoms with Gasteiger partial charge in [-0.25, -0.2) is 9.48 Å². The summed E-state index contributed by atoms with van der Waals surface area (Å²) >= 11 is 0. The lowest BCUT2D eigenvalue weighted by Gasteiger charge is -2.11. The van der Waals surface area contributed by atoms with Gasteiger partial charge >= 0.3 is 5.97 Å². The van der Waals surface area contributed by atoms with Gasteiger partial charge in [0.25, 0.3) is 11.6 Å². The van der Waals surface area contributed by atoms with Gasteiger partial charge in [0.05, 0.1) is 16.0 Å². The molecule has 1 heterocycles. The number of nitro benzene ring substituents is 1. The fourth-order valence-electron chi connectivity index (χ4n) is 2.83. The van der Waals surface area contributed by atoms with Gasteiger partial charge < -0.3 is 10.1 Å². The van der Waals surface area contributed by atoms with Crippen molar-refractivity contribution in [3.8, 4) is 0 Å². The number of aromatic nitrogens is 3. The molecule has 0 radical (unpaired) electrons. The number of benzene rings is 2. The largest absolute Gasteiger partial charge is 0.452 e. The minimum Gasteiger partial charge on any atom is -0.452 e. The monoisotopic (exact) mass is 397 g/mol. The van der Waals surface area contributed by atoms with E-state index in [1.807, 2.05) is 6.92 Å². The molecule has 0 saturated heterocycles. The number of rotatable bonds is 6. The van der Waals surface area contributed by atoms with Crippen molar-refractivity contribution >= 4 is 34.3 Å². The van der Waals surface area contributed by atoms with Gasteiger partial charge in [-0.1, -0.05) is 11.3 Å². The normalized spacial score (nSPS) is 10.7. The number of aryl methyl sites for hydroxylation is 2. The zero-order valence-corrected chi connectivity index (χ0v) is 16.1. The maximum Gasteiger partial charge on any atom is 0.338 e. The molecule has 1 aromatic heterocycles. The first-order valence-electron chi connectivity index (χ1n) is 8.86. The Morgan fingerprint density at radius 3 is 2.69 bits per heavy atom. The predicted molar refractivity (Wildman–Crippen MR) is 105 cm³/mol. The third-order valence-electron chi connectivity index (χ3n) is 4.56. The number of carbonyl (C=O) groups is 2. The number of hydrogen-bond acceptors (Lipinski definition) is 7. The van der Waals surface area contributed by atoms with Gasteiger partial charge in [0.2, 0.25) is 0 Å². The first-order chi connectivity index (χ1) is 13.8. The van der Waals surface area contributed by atoms with Crippen molar-refractivity contribution in [3.63, 3.8) is 0 Å². The number of hydrogen-bond donors (Lipinski definition) is 1. The van der Waals surface area contributed by atoms with E-state index in [1.165, 1.54) is 12.1 Å². The summed E-state index contributed by atoms with van der Waals surface area (Å²) in [6.45, 7) is 5.44. The Kier molecular flexibility index (Phi) is 5.53. The van der Waals surface area contributed by atoms with E-state index in [0.717, 1.165) is 11.1 Å². The molecular weight excluding hydrogens is 378 g/mol. The van der Waals surface area contributed by atoms with Crippen LogP contribution in [-0.2, 0) is 16.1 Å². The molecular formula is C19H19N5O5. The predicted octanol–water partition coefficient (Wildman–Crippen LogP) is 2.77. The van der Waals surface area contributed by atoms with Crippen molar-refractivity contribution in [2.45, 2.75) is 27.3 Å². The second kappa shape index (κ2) is 8.05. The minimum absolute atomic E-state index is 0.0913. The summed E-state index contributed by atoms with van der Waals surface area (Å²) in [6, 6.07) is 7.73. The molecule has 29 heavy (non-hydrogen) atoms. The van der Waals surface area contributed by atoms with Gasteiger partial charge in [-0.3, -0.25) is 14.9 Å². The zero-order valence-electron chi connectivity index (χ0n) is 16.1. The number of nitrogens with zero attached hydrogens (tertiary/aromatic N) is 4. The molecule has 1 amide bonds. The van der Waals surface area contributed by atoms with Crippen molar-refractivity contribution in [3.05, 3.63) is 57.1 Å². The molecule has 3 aromatic rings. The van der Waals surface area contributed by atoms with Crippen LogP contribution in [0.2, 0.25) is 0 Å².